The molecule has 0 unspecified atom stereocenters. The number of hydrogen-bond donors (Lipinski definition) is 1. The largest absolute Gasteiger partial charge is 0.382 e. The molecule has 2 aromatic rings. The highest BCUT2D eigenvalue weighted by Gasteiger charge is 2.39. The Morgan fingerprint density at radius 3 is 2.33 bits per heavy atom. The molecule has 1 heterocycles. The molecule has 30 heavy (non-hydrogen) atoms. The predicted octanol–water partition coefficient (Wildman–Crippen LogP) is 4.54. The second-order valence-corrected chi connectivity index (χ2v) is 7.80. The predicted molar refractivity (Wildman–Crippen MR) is 120 cm³/mol. The SMILES string of the molecule is CCOCCCN1C(=O)C(Nc2cc(C)ccc2C)=C(c2ccc(C)c(C)c2)C1=O. The number of imide groups is 1. The van der Waals surface area contributed by atoms with E-state index in [1.54, 1.807) is 0 Å². The number of ether oxygens (including phenoxy) is 1. The minimum Gasteiger partial charge on any atom is -0.382 e. The number of carbonyl (C=O) groups excluding carboxylic acids is 2. The molecule has 0 radical (unpaired) electrons. The average Bonchev–Trinajstić information content (AvgIpc) is 2.94. The molecule has 0 bridgehead atoms. The summed E-state index contributed by atoms with van der Waals surface area (Å²) in [6.45, 7) is 11.4. The van der Waals surface area contributed by atoms with Crippen LogP contribution in [-0.4, -0.2) is 36.5 Å². The highest BCUT2D eigenvalue weighted by atomic mass is 16.5. The number of rotatable bonds is 8. The molecule has 1 aliphatic rings. The number of aryl methyl sites for hydroxylation is 4. The molecule has 5 nitrogen and oxygen atoms in total. The van der Waals surface area contributed by atoms with Crippen molar-refractivity contribution in [2.24, 2.45) is 0 Å². The van der Waals surface area contributed by atoms with Crippen molar-refractivity contribution in [2.75, 3.05) is 25.1 Å². The van der Waals surface area contributed by atoms with Crippen LogP contribution in [0.15, 0.2) is 42.1 Å². The van der Waals surface area contributed by atoms with Gasteiger partial charge in [0.15, 0.2) is 0 Å². The van der Waals surface area contributed by atoms with Crippen LogP contribution in [-0.2, 0) is 14.3 Å². The highest BCUT2D eigenvalue weighted by molar-refractivity contribution is 6.36. The van der Waals surface area contributed by atoms with Crippen LogP contribution in [0, 0.1) is 27.7 Å². The zero-order chi connectivity index (χ0) is 21.8. The topological polar surface area (TPSA) is 58.6 Å². The van der Waals surface area contributed by atoms with Gasteiger partial charge in [-0.25, -0.2) is 0 Å². The highest BCUT2D eigenvalue weighted by Crippen LogP contribution is 2.32. The first kappa shape index (κ1) is 21.8. The molecular formula is C25H30N2O3. The van der Waals surface area contributed by atoms with Gasteiger partial charge in [0.25, 0.3) is 11.8 Å². The summed E-state index contributed by atoms with van der Waals surface area (Å²) in [6.07, 6.45) is 0.613. The molecule has 0 atom stereocenters. The van der Waals surface area contributed by atoms with E-state index in [0.717, 1.165) is 33.5 Å². The number of hydrogen-bond acceptors (Lipinski definition) is 4. The minimum absolute atomic E-state index is 0.257. The molecule has 2 amide bonds. The Morgan fingerprint density at radius 2 is 1.63 bits per heavy atom. The molecule has 0 aliphatic carbocycles. The number of nitrogens with zero attached hydrogens (tertiary/aromatic N) is 1. The monoisotopic (exact) mass is 406 g/mol. The van der Waals surface area contributed by atoms with Gasteiger partial charge in [0.1, 0.15) is 5.70 Å². The number of amides is 2. The molecule has 1 aliphatic heterocycles. The lowest BCUT2D eigenvalue weighted by molar-refractivity contribution is -0.137. The van der Waals surface area contributed by atoms with E-state index in [1.807, 2.05) is 71.0 Å². The molecule has 0 saturated heterocycles. The second kappa shape index (κ2) is 9.26. The van der Waals surface area contributed by atoms with Gasteiger partial charge in [-0.2, -0.15) is 0 Å². The Bertz CT molecular complexity index is 1010. The van der Waals surface area contributed by atoms with Gasteiger partial charge in [0.05, 0.1) is 5.57 Å². The summed E-state index contributed by atoms with van der Waals surface area (Å²) < 4.78 is 5.38. The fraction of sp³-hybridized carbons (Fsp3) is 0.360. The number of benzene rings is 2. The van der Waals surface area contributed by atoms with Crippen molar-refractivity contribution >= 4 is 23.1 Å². The van der Waals surface area contributed by atoms with Crippen molar-refractivity contribution in [3.63, 3.8) is 0 Å². The average molecular weight is 407 g/mol. The summed E-state index contributed by atoms with van der Waals surface area (Å²) in [4.78, 5) is 27.9. The summed E-state index contributed by atoms with van der Waals surface area (Å²) in [7, 11) is 0. The zero-order valence-electron chi connectivity index (χ0n) is 18.5. The molecule has 158 valence electrons. The Kier molecular flexibility index (Phi) is 6.73. The van der Waals surface area contributed by atoms with E-state index in [1.165, 1.54) is 4.90 Å². The van der Waals surface area contributed by atoms with Gasteiger partial charge in [-0.3, -0.25) is 14.5 Å². The molecule has 1 N–H and O–H groups in total. The van der Waals surface area contributed by atoms with Crippen LogP contribution >= 0.6 is 0 Å². The van der Waals surface area contributed by atoms with E-state index in [0.29, 0.717) is 37.4 Å². The first-order valence-electron chi connectivity index (χ1n) is 10.4. The van der Waals surface area contributed by atoms with Crippen LogP contribution in [0.3, 0.4) is 0 Å². The lowest BCUT2D eigenvalue weighted by atomic mass is 9.99. The van der Waals surface area contributed by atoms with Crippen molar-refractivity contribution in [3.05, 3.63) is 69.9 Å². The third-order valence-electron chi connectivity index (χ3n) is 5.49. The standard InChI is InChI=1S/C25H30N2O3/c1-6-30-13-7-12-27-24(28)22(20-11-10-17(3)19(5)15-20)23(25(27)29)26-21-14-16(2)8-9-18(21)4/h8-11,14-15,26H,6-7,12-13H2,1-5H3. The Morgan fingerprint density at radius 1 is 0.900 bits per heavy atom. The van der Waals surface area contributed by atoms with Crippen molar-refractivity contribution < 1.29 is 14.3 Å². The normalized spacial score (nSPS) is 14.1. The van der Waals surface area contributed by atoms with E-state index in [9.17, 15) is 9.59 Å². The van der Waals surface area contributed by atoms with E-state index >= 15 is 0 Å². The molecule has 0 aromatic heterocycles. The summed E-state index contributed by atoms with van der Waals surface area (Å²) in [5.74, 6) is -0.543. The summed E-state index contributed by atoms with van der Waals surface area (Å²) in [5, 5.41) is 3.28. The van der Waals surface area contributed by atoms with Gasteiger partial charge < -0.3 is 10.1 Å². The Hall–Kier alpha value is -2.92. The molecule has 0 spiro atoms. The van der Waals surface area contributed by atoms with Crippen molar-refractivity contribution in [1.82, 2.24) is 4.90 Å². The van der Waals surface area contributed by atoms with Gasteiger partial charge in [0.2, 0.25) is 0 Å². The number of anilines is 1. The van der Waals surface area contributed by atoms with E-state index in [4.69, 9.17) is 4.74 Å². The van der Waals surface area contributed by atoms with Crippen LogP contribution in [0.1, 0.15) is 41.2 Å². The maximum atomic E-state index is 13.3. The fourth-order valence-electron chi connectivity index (χ4n) is 3.53. The maximum Gasteiger partial charge on any atom is 0.278 e. The lowest BCUT2D eigenvalue weighted by Gasteiger charge is -2.15. The van der Waals surface area contributed by atoms with Gasteiger partial charge in [0, 0.05) is 25.4 Å². The first-order chi connectivity index (χ1) is 14.3. The quantitative estimate of drug-likeness (QED) is 0.517. The molecule has 0 fully saturated rings. The van der Waals surface area contributed by atoms with E-state index in [-0.39, 0.29) is 11.8 Å². The van der Waals surface area contributed by atoms with Gasteiger partial charge >= 0.3 is 0 Å². The van der Waals surface area contributed by atoms with Crippen LogP contribution in [0.5, 0.6) is 0 Å². The third-order valence-corrected chi connectivity index (χ3v) is 5.49. The third kappa shape index (κ3) is 4.46. The Labute approximate surface area is 178 Å². The summed E-state index contributed by atoms with van der Waals surface area (Å²) in [5.41, 5.74) is 6.70. The second-order valence-electron chi connectivity index (χ2n) is 7.80. The summed E-state index contributed by atoms with van der Waals surface area (Å²) >= 11 is 0. The van der Waals surface area contributed by atoms with Crippen molar-refractivity contribution in [1.29, 1.82) is 0 Å². The van der Waals surface area contributed by atoms with Crippen LogP contribution in [0.2, 0.25) is 0 Å². The lowest BCUT2D eigenvalue weighted by Crippen LogP contribution is -2.34. The van der Waals surface area contributed by atoms with Crippen LogP contribution < -0.4 is 5.32 Å². The zero-order valence-corrected chi connectivity index (χ0v) is 18.5. The molecule has 0 saturated carbocycles. The maximum absolute atomic E-state index is 13.3. The van der Waals surface area contributed by atoms with Crippen molar-refractivity contribution in [2.45, 2.75) is 41.0 Å². The molecule has 2 aromatic carbocycles. The fourth-order valence-corrected chi connectivity index (χ4v) is 3.53. The summed E-state index contributed by atoms with van der Waals surface area (Å²) in [6, 6.07) is 11.9. The smallest absolute Gasteiger partial charge is 0.278 e. The Balaban J connectivity index is 2.01. The molecular weight excluding hydrogens is 376 g/mol. The first-order valence-corrected chi connectivity index (χ1v) is 10.4. The number of nitrogens with one attached hydrogen (secondary N) is 1. The van der Waals surface area contributed by atoms with E-state index < -0.39 is 0 Å². The van der Waals surface area contributed by atoms with Crippen molar-refractivity contribution in [3.8, 4) is 0 Å². The van der Waals surface area contributed by atoms with Crippen LogP contribution in [0.25, 0.3) is 5.57 Å². The minimum atomic E-state index is -0.286. The van der Waals surface area contributed by atoms with Gasteiger partial charge in [-0.05, 0) is 74.9 Å². The van der Waals surface area contributed by atoms with Gasteiger partial charge in [-0.15, -0.1) is 0 Å². The molecule has 5 heteroatoms. The molecule has 3 rings (SSSR count). The van der Waals surface area contributed by atoms with Crippen LogP contribution in [0.4, 0.5) is 5.69 Å². The van der Waals surface area contributed by atoms with E-state index in [2.05, 4.69) is 5.32 Å². The number of carbonyl (C=O) groups is 2. The van der Waals surface area contributed by atoms with Gasteiger partial charge in [-0.1, -0.05) is 30.3 Å².